The maximum atomic E-state index is 12.3. The highest BCUT2D eigenvalue weighted by molar-refractivity contribution is 5.77. The number of nitrogens with two attached hydrogens (primary N) is 1. The third-order valence-electron chi connectivity index (χ3n) is 4.75. The number of ether oxygens (including phenoxy) is 1. The molecule has 0 unspecified atom stereocenters. The van der Waals surface area contributed by atoms with Crippen LogP contribution in [0.2, 0.25) is 0 Å². The number of aromatic nitrogens is 4. The van der Waals surface area contributed by atoms with E-state index in [2.05, 4.69) is 19.9 Å². The van der Waals surface area contributed by atoms with Gasteiger partial charge in [0.05, 0.1) is 18.5 Å². The number of aromatic amines is 2. The first-order valence-corrected chi connectivity index (χ1v) is 9.63. The van der Waals surface area contributed by atoms with Crippen molar-refractivity contribution in [1.82, 2.24) is 19.9 Å². The average molecular weight is 403 g/mol. The van der Waals surface area contributed by atoms with Crippen LogP contribution >= 0.6 is 0 Å². The second-order valence-corrected chi connectivity index (χ2v) is 6.82. The molecule has 0 fully saturated rings. The highest BCUT2D eigenvalue weighted by atomic mass is 16.5. The summed E-state index contributed by atoms with van der Waals surface area (Å²) in [4.78, 5) is 37.5. The van der Waals surface area contributed by atoms with Crippen molar-refractivity contribution < 1.29 is 9.53 Å². The Hall–Kier alpha value is -3.94. The first-order chi connectivity index (χ1) is 14.5. The summed E-state index contributed by atoms with van der Waals surface area (Å²) in [6.07, 6.45) is 2.34. The monoisotopic (exact) mass is 403 g/mol. The van der Waals surface area contributed by atoms with Gasteiger partial charge in [0.2, 0.25) is 5.91 Å². The highest BCUT2D eigenvalue weighted by Gasteiger charge is 2.14. The van der Waals surface area contributed by atoms with Crippen molar-refractivity contribution >= 4 is 17.1 Å². The van der Waals surface area contributed by atoms with Crippen molar-refractivity contribution in [3.8, 4) is 28.3 Å². The van der Waals surface area contributed by atoms with E-state index in [0.29, 0.717) is 42.2 Å². The van der Waals surface area contributed by atoms with E-state index in [1.54, 1.807) is 0 Å². The lowest BCUT2D eigenvalue weighted by Crippen LogP contribution is -2.11. The molecular formula is C22H21N5O3. The molecule has 0 spiro atoms. The van der Waals surface area contributed by atoms with Gasteiger partial charge in [-0.05, 0) is 42.2 Å². The minimum atomic E-state index is -0.320. The minimum Gasteiger partial charge on any atom is -0.493 e. The lowest BCUT2D eigenvalue weighted by Gasteiger charge is -2.12. The van der Waals surface area contributed by atoms with Crippen LogP contribution in [-0.4, -0.2) is 32.4 Å². The molecule has 0 bridgehead atoms. The number of rotatable bonds is 7. The number of fused-ring (bicyclic) bond motifs is 1. The van der Waals surface area contributed by atoms with E-state index >= 15 is 0 Å². The Morgan fingerprint density at radius 2 is 2.00 bits per heavy atom. The smallest absolute Gasteiger partial charge is 0.279 e. The molecule has 0 saturated carbocycles. The number of amides is 1. The predicted molar refractivity (Wildman–Crippen MR) is 114 cm³/mol. The molecule has 0 atom stereocenters. The number of hydrogen-bond acceptors (Lipinski definition) is 5. The number of nitrogens with zero attached hydrogens (tertiary/aromatic N) is 2. The lowest BCUT2D eigenvalue weighted by atomic mass is 9.99. The van der Waals surface area contributed by atoms with Crippen molar-refractivity contribution in [2.45, 2.75) is 19.8 Å². The summed E-state index contributed by atoms with van der Waals surface area (Å²) in [6, 6.07) is 13.7. The van der Waals surface area contributed by atoms with Gasteiger partial charge in [-0.15, -0.1) is 0 Å². The van der Waals surface area contributed by atoms with Crippen molar-refractivity contribution in [3.63, 3.8) is 0 Å². The maximum absolute atomic E-state index is 12.3. The van der Waals surface area contributed by atoms with Crippen LogP contribution < -0.4 is 16.0 Å². The Balaban J connectivity index is 1.74. The molecule has 1 amide bonds. The van der Waals surface area contributed by atoms with E-state index in [4.69, 9.17) is 10.5 Å². The van der Waals surface area contributed by atoms with Crippen LogP contribution in [0.3, 0.4) is 0 Å². The highest BCUT2D eigenvalue weighted by Crippen LogP contribution is 2.33. The lowest BCUT2D eigenvalue weighted by molar-refractivity contribution is -0.117. The summed E-state index contributed by atoms with van der Waals surface area (Å²) in [5, 5.41) is 0. The van der Waals surface area contributed by atoms with Gasteiger partial charge >= 0.3 is 0 Å². The largest absolute Gasteiger partial charge is 0.493 e. The quantitative estimate of drug-likeness (QED) is 0.437. The van der Waals surface area contributed by atoms with Crippen LogP contribution in [0, 0.1) is 0 Å². The summed E-state index contributed by atoms with van der Waals surface area (Å²) in [5.74, 6) is 0.695. The third kappa shape index (κ3) is 3.93. The van der Waals surface area contributed by atoms with Crippen LogP contribution in [0.4, 0.5) is 0 Å². The van der Waals surface area contributed by atoms with Gasteiger partial charge in [-0.2, -0.15) is 0 Å². The number of aryl methyl sites for hydroxylation is 1. The standard InChI is InChI=1S/C22H21N5O3/c1-2-30-17-11-15(14-5-3-4-13(10-14)6-9-18(23)28)7-8-16(17)20-26-21-19(22(29)27-20)24-12-25-21/h3-5,7-8,10-12H,2,6,9H2,1H3,(H2,23,28)(H2,24,25,26,27,29). The Kier molecular flexibility index (Phi) is 5.30. The Bertz CT molecular complexity index is 1280. The molecule has 2 aromatic heterocycles. The van der Waals surface area contributed by atoms with Crippen LogP contribution in [0.1, 0.15) is 18.9 Å². The third-order valence-corrected chi connectivity index (χ3v) is 4.75. The first-order valence-electron chi connectivity index (χ1n) is 9.63. The fraction of sp³-hybridized carbons (Fsp3) is 0.182. The summed E-state index contributed by atoms with van der Waals surface area (Å²) < 4.78 is 5.85. The Morgan fingerprint density at radius 3 is 2.80 bits per heavy atom. The molecule has 4 aromatic rings. The van der Waals surface area contributed by atoms with Gasteiger partial charge in [-0.25, -0.2) is 9.97 Å². The van der Waals surface area contributed by atoms with E-state index in [1.165, 1.54) is 6.33 Å². The summed E-state index contributed by atoms with van der Waals surface area (Å²) in [5.41, 5.74) is 9.29. The SMILES string of the molecule is CCOc1cc(-c2cccc(CCC(N)=O)c2)ccc1-c1nc2[nH]cnc2c(=O)[nH]1. The zero-order chi connectivity index (χ0) is 21.1. The summed E-state index contributed by atoms with van der Waals surface area (Å²) >= 11 is 0. The Morgan fingerprint density at radius 1 is 1.17 bits per heavy atom. The zero-order valence-electron chi connectivity index (χ0n) is 16.4. The molecule has 4 rings (SSSR count). The number of imidazole rings is 1. The Labute approximate surface area is 172 Å². The molecule has 0 aliphatic rings. The molecule has 8 heteroatoms. The number of carbonyl (C=O) groups is 1. The van der Waals surface area contributed by atoms with Gasteiger partial charge in [0, 0.05) is 6.42 Å². The zero-order valence-corrected chi connectivity index (χ0v) is 16.4. The fourth-order valence-electron chi connectivity index (χ4n) is 3.32. The molecule has 0 aliphatic heterocycles. The normalized spacial score (nSPS) is 11.0. The van der Waals surface area contributed by atoms with Crippen molar-refractivity contribution in [1.29, 1.82) is 0 Å². The van der Waals surface area contributed by atoms with Gasteiger partial charge in [-0.3, -0.25) is 9.59 Å². The molecule has 2 heterocycles. The van der Waals surface area contributed by atoms with E-state index in [0.717, 1.165) is 16.7 Å². The first kappa shape index (κ1) is 19.4. The van der Waals surface area contributed by atoms with E-state index in [1.807, 2.05) is 49.4 Å². The summed E-state index contributed by atoms with van der Waals surface area (Å²) in [7, 11) is 0. The molecule has 30 heavy (non-hydrogen) atoms. The topological polar surface area (TPSA) is 127 Å². The minimum absolute atomic E-state index is 0.265. The van der Waals surface area contributed by atoms with Crippen LogP contribution in [0.15, 0.2) is 53.6 Å². The van der Waals surface area contributed by atoms with Crippen molar-refractivity contribution in [2.75, 3.05) is 6.61 Å². The van der Waals surface area contributed by atoms with E-state index < -0.39 is 0 Å². The molecule has 4 N–H and O–H groups in total. The number of nitrogens with one attached hydrogen (secondary N) is 2. The number of hydrogen-bond donors (Lipinski definition) is 3. The van der Waals surface area contributed by atoms with Gasteiger partial charge in [-0.1, -0.05) is 30.3 Å². The molecule has 0 radical (unpaired) electrons. The van der Waals surface area contributed by atoms with Gasteiger partial charge < -0.3 is 20.4 Å². The molecule has 152 valence electrons. The molecular weight excluding hydrogens is 382 g/mol. The summed E-state index contributed by atoms with van der Waals surface area (Å²) in [6.45, 7) is 2.36. The van der Waals surface area contributed by atoms with E-state index in [-0.39, 0.29) is 17.0 Å². The number of carbonyl (C=O) groups excluding carboxylic acids is 1. The number of benzene rings is 2. The maximum Gasteiger partial charge on any atom is 0.279 e. The number of H-pyrrole nitrogens is 2. The van der Waals surface area contributed by atoms with Crippen LogP contribution in [0.5, 0.6) is 5.75 Å². The second-order valence-electron chi connectivity index (χ2n) is 6.82. The fourth-order valence-corrected chi connectivity index (χ4v) is 3.32. The molecule has 0 saturated heterocycles. The molecule has 2 aromatic carbocycles. The van der Waals surface area contributed by atoms with E-state index in [9.17, 15) is 9.59 Å². The van der Waals surface area contributed by atoms with Crippen LogP contribution in [0.25, 0.3) is 33.7 Å². The van der Waals surface area contributed by atoms with Gasteiger partial charge in [0.25, 0.3) is 5.56 Å². The average Bonchev–Trinajstić information content (AvgIpc) is 3.22. The predicted octanol–water partition coefficient (Wildman–Crippen LogP) is 2.80. The van der Waals surface area contributed by atoms with Crippen molar-refractivity contribution in [2.24, 2.45) is 5.73 Å². The van der Waals surface area contributed by atoms with Gasteiger partial charge in [0.15, 0.2) is 11.2 Å². The number of primary amides is 1. The van der Waals surface area contributed by atoms with Crippen molar-refractivity contribution in [3.05, 3.63) is 64.7 Å². The molecule has 0 aliphatic carbocycles. The van der Waals surface area contributed by atoms with Crippen LogP contribution in [-0.2, 0) is 11.2 Å². The molecule has 8 nitrogen and oxygen atoms in total. The van der Waals surface area contributed by atoms with Gasteiger partial charge in [0.1, 0.15) is 11.6 Å². The second kappa shape index (κ2) is 8.20.